The van der Waals surface area contributed by atoms with E-state index in [-0.39, 0.29) is 17.4 Å². The molecule has 0 aliphatic heterocycles. The van der Waals surface area contributed by atoms with E-state index in [0.29, 0.717) is 43.7 Å². The molecule has 1 aliphatic rings. The van der Waals surface area contributed by atoms with E-state index in [2.05, 4.69) is 10.4 Å². The minimum absolute atomic E-state index is 0.00593. The van der Waals surface area contributed by atoms with E-state index in [1.807, 2.05) is 42.5 Å². The van der Waals surface area contributed by atoms with Gasteiger partial charge in [0.2, 0.25) is 5.91 Å². The Morgan fingerprint density at radius 3 is 2.61 bits per heavy atom. The molecule has 4 rings (SSSR count). The highest BCUT2D eigenvalue weighted by Crippen LogP contribution is 2.26. The normalized spacial score (nSPS) is 15.6. The largest absolute Gasteiger partial charge is 0.497 e. The molecule has 0 radical (unpaired) electrons. The van der Waals surface area contributed by atoms with Crippen LogP contribution >= 0.6 is 0 Å². The number of ether oxygens (including phenoxy) is 2. The van der Waals surface area contributed by atoms with Crippen LogP contribution in [0.15, 0.2) is 53.3 Å². The van der Waals surface area contributed by atoms with E-state index in [1.165, 1.54) is 0 Å². The molecular formula is C24H27N3O4. The zero-order valence-corrected chi connectivity index (χ0v) is 17.8. The number of hydrogen-bond donors (Lipinski definition) is 2. The van der Waals surface area contributed by atoms with Crippen LogP contribution in [0.1, 0.15) is 29.7 Å². The number of aryl methyl sites for hydroxylation is 1. The summed E-state index contributed by atoms with van der Waals surface area (Å²) in [4.78, 5) is 25.7. The fourth-order valence-electron chi connectivity index (χ4n) is 4.11. The molecule has 0 spiro atoms. The first-order valence-corrected chi connectivity index (χ1v) is 10.5. The topological polar surface area (TPSA) is 85.4 Å². The summed E-state index contributed by atoms with van der Waals surface area (Å²) in [5, 5.41) is 6.27. The molecule has 2 N–H and O–H groups in total. The van der Waals surface area contributed by atoms with Crippen LogP contribution in [0.5, 0.6) is 11.5 Å². The Balaban J connectivity index is 1.41. The summed E-state index contributed by atoms with van der Waals surface area (Å²) in [5.74, 6) is 1.26. The van der Waals surface area contributed by atoms with Gasteiger partial charge in [-0.05, 0) is 49.9 Å². The Kier molecular flexibility index (Phi) is 6.11. The fourth-order valence-corrected chi connectivity index (χ4v) is 4.11. The lowest BCUT2D eigenvalue weighted by Crippen LogP contribution is -2.31. The first-order valence-electron chi connectivity index (χ1n) is 10.5. The highest BCUT2D eigenvalue weighted by atomic mass is 16.5. The maximum absolute atomic E-state index is 12.9. The predicted octanol–water partition coefficient (Wildman–Crippen LogP) is 2.99. The second kappa shape index (κ2) is 9.12. The summed E-state index contributed by atoms with van der Waals surface area (Å²) in [6.45, 7) is 0.384. The highest BCUT2D eigenvalue weighted by molar-refractivity contribution is 5.78. The van der Waals surface area contributed by atoms with Crippen LogP contribution in [0, 0.1) is 5.92 Å². The van der Waals surface area contributed by atoms with Gasteiger partial charge in [0.25, 0.3) is 5.56 Å². The Hall–Kier alpha value is -3.48. The first-order chi connectivity index (χ1) is 15.1. The number of methoxy groups -OCH3 is 2. The van der Waals surface area contributed by atoms with E-state index in [9.17, 15) is 9.59 Å². The van der Waals surface area contributed by atoms with Gasteiger partial charge >= 0.3 is 0 Å². The Labute approximate surface area is 181 Å². The first kappa shape index (κ1) is 20.8. The van der Waals surface area contributed by atoms with Gasteiger partial charge in [-0.25, -0.2) is 4.68 Å². The Morgan fingerprint density at radius 1 is 1.10 bits per heavy atom. The molecule has 7 nitrogen and oxygen atoms in total. The molecule has 1 atom stereocenters. The standard InChI is InChI=1S/C24H27N3O4/c1-30-19-11-8-17(22(14-19)31-2)15-25-23(28)16-9-12-20-21(13-10-16)26-27(24(20)29)18-6-4-3-5-7-18/h3-8,11,14,16,26H,9-10,12-13,15H2,1-2H3,(H,25,28). The SMILES string of the molecule is COc1ccc(CNC(=O)C2CCc3[nH]n(-c4ccccc4)c(=O)c3CC2)c(OC)c1. The minimum atomic E-state index is -0.130. The van der Waals surface area contributed by atoms with Crippen molar-refractivity contribution in [3.05, 3.63) is 75.7 Å². The molecule has 1 amide bonds. The van der Waals surface area contributed by atoms with Gasteiger partial charge in [0.1, 0.15) is 11.5 Å². The lowest BCUT2D eigenvalue weighted by molar-refractivity contribution is -0.125. The van der Waals surface area contributed by atoms with Gasteiger partial charge in [0.15, 0.2) is 0 Å². The smallest absolute Gasteiger partial charge is 0.274 e. The van der Waals surface area contributed by atoms with E-state index in [1.54, 1.807) is 25.0 Å². The maximum atomic E-state index is 12.9. The van der Waals surface area contributed by atoms with E-state index in [4.69, 9.17) is 9.47 Å². The van der Waals surface area contributed by atoms with Gasteiger partial charge < -0.3 is 14.8 Å². The average Bonchev–Trinajstić information content (AvgIpc) is 2.98. The van der Waals surface area contributed by atoms with Crippen LogP contribution in [-0.2, 0) is 24.2 Å². The number of H-pyrrole nitrogens is 1. The number of carbonyl (C=O) groups is 1. The summed E-state index contributed by atoms with van der Waals surface area (Å²) in [6.07, 6.45) is 2.62. The molecule has 0 fully saturated rings. The van der Waals surface area contributed by atoms with Crippen molar-refractivity contribution in [3.63, 3.8) is 0 Å². The van der Waals surface area contributed by atoms with Gasteiger partial charge in [-0.15, -0.1) is 0 Å². The summed E-state index contributed by atoms with van der Waals surface area (Å²) >= 11 is 0. The zero-order chi connectivity index (χ0) is 21.8. The molecule has 1 unspecified atom stereocenters. The van der Waals surface area contributed by atoms with Crippen molar-refractivity contribution in [1.29, 1.82) is 0 Å². The van der Waals surface area contributed by atoms with Gasteiger partial charge in [-0.2, -0.15) is 0 Å². The number of nitrogens with zero attached hydrogens (tertiary/aromatic N) is 1. The number of benzene rings is 2. The number of aromatic amines is 1. The molecule has 0 saturated heterocycles. The molecule has 0 bridgehead atoms. The summed E-state index contributed by atoms with van der Waals surface area (Å²) in [7, 11) is 3.20. The van der Waals surface area contributed by atoms with Crippen molar-refractivity contribution < 1.29 is 14.3 Å². The van der Waals surface area contributed by atoms with Crippen LogP contribution in [0.3, 0.4) is 0 Å². The minimum Gasteiger partial charge on any atom is -0.497 e. The molecule has 2 aromatic carbocycles. The predicted molar refractivity (Wildman–Crippen MR) is 118 cm³/mol. The molecular weight excluding hydrogens is 394 g/mol. The van der Waals surface area contributed by atoms with Crippen molar-refractivity contribution in [1.82, 2.24) is 15.1 Å². The van der Waals surface area contributed by atoms with Gasteiger partial charge in [-0.3, -0.25) is 14.7 Å². The van der Waals surface area contributed by atoms with Crippen LogP contribution in [0.2, 0.25) is 0 Å². The van der Waals surface area contributed by atoms with E-state index >= 15 is 0 Å². The number of fused-ring (bicyclic) bond motifs is 1. The number of amides is 1. The van der Waals surface area contributed by atoms with Crippen LogP contribution < -0.4 is 20.3 Å². The Bertz CT molecular complexity index is 1120. The van der Waals surface area contributed by atoms with Crippen molar-refractivity contribution in [3.8, 4) is 17.2 Å². The van der Waals surface area contributed by atoms with Crippen molar-refractivity contribution in [2.24, 2.45) is 5.92 Å². The van der Waals surface area contributed by atoms with Crippen LogP contribution in [-0.4, -0.2) is 29.9 Å². The van der Waals surface area contributed by atoms with E-state index < -0.39 is 0 Å². The molecule has 0 saturated carbocycles. The third-order valence-corrected chi connectivity index (χ3v) is 5.89. The monoisotopic (exact) mass is 421 g/mol. The number of para-hydroxylation sites is 1. The van der Waals surface area contributed by atoms with Gasteiger partial charge in [0, 0.05) is 35.3 Å². The van der Waals surface area contributed by atoms with E-state index in [0.717, 1.165) is 22.5 Å². The van der Waals surface area contributed by atoms with Crippen molar-refractivity contribution >= 4 is 5.91 Å². The number of aromatic nitrogens is 2. The lowest BCUT2D eigenvalue weighted by Gasteiger charge is -2.16. The highest BCUT2D eigenvalue weighted by Gasteiger charge is 2.26. The summed E-state index contributed by atoms with van der Waals surface area (Å²) in [5.41, 5.74) is 3.41. The molecule has 7 heteroatoms. The summed E-state index contributed by atoms with van der Waals surface area (Å²) in [6, 6.07) is 15.1. The third-order valence-electron chi connectivity index (χ3n) is 5.89. The van der Waals surface area contributed by atoms with Gasteiger partial charge in [-0.1, -0.05) is 18.2 Å². The molecule has 3 aromatic rings. The quantitative estimate of drug-likeness (QED) is 0.599. The second-order valence-electron chi connectivity index (χ2n) is 7.71. The number of carbonyl (C=O) groups excluding carboxylic acids is 1. The second-order valence-corrected chi connectivity index (χ2v) is 7.71. The number of rotatable bonds is 6. The molecule has 1 aromatic heterocycles. The molecule has 162 valence electrons. The maximum Gasteiger partial charge on any atom is 0.274 e. The van der Waals surface area contributed by atoms with Crippen LogP contribution in [0.25, 0.3) is 5.69 Å². The third kappa shape index (κ3) is 4.35. The average molecular weight is 421 g/mol. The molecule has 31 heavy (non-hydrogen) atoms. The number of nitrogens with one attached hydrogen (secondary N) is 2. The van der Waals surface area contributed by atoms with Gasteiger partial charge in [0.05, 0.1) is 19.9 Å². The molecule has 1 heterocycles. The number of hydrogen-bond acceptors (Lipinski definition) is 4. The Morgan fingerprint density at radius 2 is 1.87 bits per heavy atom. The van der Waals surface area contributed by atoms with Crippen molar-refractivity contribution in [2.75, 3.05) is 14.2 Å². The fraction of sp³-hybridized carbons (Fsp3) is 0.333. The van der Waals surface area contributed by atoms with Crippen molar-refractivity contribution in [2.45, 2.75) is 32.2 Å². The van der Waals surface area contributed by atoms with Crippen LogP contribution in [0.4, 0.5) is 0 Å². The zero-order valence-electron chi connectivity index (χ0n) is 17.8. The summed E-state index contributed by atoms with van der Waals surface area (Å²) < 4.78 is 12.2. The molecule has 1 aliphatic carbocycles. The lowest BCUT2D eigenvalue weighted by atomic mass is 9.98.